The molecule has 0 amide bonds. The van der Waals surface area contributed by atoms with Gasteiger partial charge in [-0.15, -0.1) is 0 Å². The van der Waals surface area contributed by atoms with E-state index in [-0.39, 0.29) is 0 Å². The Balaban J connectivity index is 0.970. The van der Waals surface area contributed by atoms with Crippen LogP contribution in [0.5, 0.6) is 0 Å². The zero-order chi connectivity index (χ0) is 36.3. The molecule has 0 bridgehead atoms. The number of nitrogens with zero attached hydrogens (tertiary/aromatic N) is 1. The smallest absolute Gasteiger partial charge is 0.143 e. The van der Waals surface area contributed by atoms with Gasteiger partial charge in [0.1, 0.15) is 22.3 Å². The number of hydrogen-bond acceptors (Lipinski definition) is 3. The summed E-state index contributed by atoms with van der Waals surface area (Å²) >= 11 is 0. The van der Waals surface area contributed by atoms with Gasteiger partial charge in [-0.2, -0.15) is 0 Å². The summed E-state index contributed by atoms with van der Waals surface area (Å²) in [6.07, 6.45) is 0. The van der Waals surface area contributed by atoms with Crippen LogP contribution in [0.3, 0.4) is 0 Å². The molecule has 0 radical (unpaired) electrons. The topological polar surface area (TPSA) is 29.5 Å². The summed E-state index contributed by atoms with van der Waals surface area (Å²) < 4.78 is 12.9. The molecule has 258 valence electrons. The van der Waals surface area contributed by atoms with E-state index in [1.54, 1.807) is 0 Å². The summed E-state index contributed by atoms with van der Waals surface area (Å²) in [5.74, 6) is 0. The van der Waals surface area contributed by atoms with Gasteiger partial charge < -0.3 is 13.7 Å². The minimum atomic E-state index is 0.890. The lowest BCUT2D eigenvalue weighted by Crippen LogP contribution is -2.09. The van der Waals surface area contributed by atoms with E-state index in [0.29, 0.717) is 0 Å². The van der Waals surface area contributed by atoms with Crippen molar-refractivity contribution in [1.29, 1.82) is 0 Å². The van der Waals surface area contributed by atoms with Crippen molar-refractivity contribution >= 4 is 71.7 Å². The zero-order valence-electron chi connectivity index (χ0n) is 29.8. The highest BCUT2D eigenvalue weighted by Gasteiger charge is 2.18. The number of rotatable bonds is 6. The van der Waals surface area contributed by atoms with E-state index >= 15 is 0 Å². The van der Waals surface area contributed by atoms with Crippen molar-refractivity contribution in [1.82, 2.24) is 0 Å². The fourth-order valence-electron chi connectivity index (χ4n) is 8.23. The number of fused-ring (bicyclic) bond motifs is 8. The molecule has 9 aromatic carbocycles. The number of hydrogen-bond donors (Lipinski definition) is 0. The highest BCUT2D eigenvalue weighted by Crippen LogP contribution is 2.42. The van der Waals surface area contributed by atoms with E-state index in [1.807, 2.05) is 12.1 Å². The van der Waals surface area contributed by atoms with Gasteiger partial charge in [-0.25, -0.2) is 0 Å². The molecule has 0 N–H and O–H groups in total. The van der Waals surface area contributed by atoms with Crippen molar-refractivity contribution in [2.24, 2.45) is 0 Å². The highest BCUT2D eigenvalue weighted by atomic mass is 16.3. The van der Waals surface area contributed by atoms with Crippen molar-refractivity contribution in [3.05, 3.63) is 200 Å². The maximum absolute atomic E-state index is 6.56. The van der Waals surface area contributed by atoms with Gasteiger partial charge in [0.15, 0.2) is 0 Å². The van der Waals surface area contributed by atoms with Gasteiger partial charge in [-0.1, -0.05) is 140 Å². The molecule has 0 saturated carbocycles. The molecule has 0 aliphatic rings. The first-order valence-corrected chi connectivity index (χ1v) is 18.7. The summed E-state index contributed by atoms with van der Waals surface area (Å²) in [6, 6.07) is 70.8. The normalized spacial score (nSPS) is 11.6. The predicted octanol–water partition coefficient (Wildman–Crippen LogP) is 15.1. The van der Waals surface area contributed by atoms with Crippen molar-refractivity contribution in [3.63, 3.8) is 0 Å². The minimum absolute atomic E-state index is 0.890. The van der Waals surface area contributed by atoms with E-state index in [1.165, 1.54) is 16.5 Å². The van der Waals surface area contributed by atoms with E-state index in [0.717, 1.165) is 88.6 Å². The highest BCUT2D eigenvalue weighted by molar-refractivity contribution is 6.19. The number of para-hydroxylation sites is 3. The molecule has 0 atom stereocenters. The molecule has 2 aromatic heterocycles. The van der Waals surface area contributed by atoms with E-state index < -0.39 is 0 Å². The van der Waals surface area contributed by atoms with E-state index in [9.17, 15) is 0 Å². The van der Waals surface area contributed by atoms with Crippen LogP contribution in [0.4, 0.5) is 17.1 Å². The number of benzene rings is 9. The van der Waals surface area contributed by atoms with Crippen LogP contribution >= 0.6 is 0 Å². The maximum Gasteiger partial charge on any atom is 0.143 e. The zero-order valence-corrected chi connectivity index (χ0v) is 29.8. The largest absolute Gasteiger partial charge is 0.455 e. The standard InChI is InChI=1S/C52H33NO2/c1-3-12-35(13-4-1)46-33-48-47-32-37(26-31-50(47)55-52(48)44-18-8-7-16-42(44)46)34-22-27-39(28-23-34)53(38-14-5-2-6-15-38)40-29-24-36(25-30-40)41-19-11-20-45-43-17-9-10-21-49(43)54-51(41)45/h1-33H. The second-order valence-electron chi connectivity index (χ2n) is 14.1. The Labute approximate surface area is 317 Å². The van der Waals surface area contributed by atoms with Crippen molar-refractivity contribution in [3.8, 4) is 33.4 Å². The van der Waals surface area contributed by atoms with Crippen LogP contribution in [0.15, 0.2) is 209 Å². The SMILES string of the molecule is c1ccc(-c2cc3c4cc(-c5ccc(N(c6ccccc6)c6ccc(-c7cccc8c7oc7ccccc78)cc6)cc5)ccc4oc3c3ccccc23)cc1. The summed E-state index contributed by atoms with van der Waals surface area (Å²) in [5, 5.41) is 6.83. The summed E-state index contributed by atoms with van der Waals surface area (Å²) in [4.78, 5) is 2.30. The Morgan fingerprint density at radius 2 is 0.800 bits per heavy atom. The molecular weight excluding hydrogens is 671 g/mol. The van der Waals surface area contributed by atoms with Crippen LogP contribution in [0.1, 0.15) is 0 Å². The monoisotopic (exact) mass is 703 g/mol. The van der Waals surface area contributed by atoms with E-state index in [4.69, 9.17) is 8.83 Å². The Morgan fingerprint density at radius 1 is 0.273 bits per heavy atom. The fraction of sp³-hybridized carbons (Fsp3) is 0. The lowest BCUT2D eigenvalue weighted by molar-refractivity contribution is 0.670. The second-order valence-corrected chi connectivity index (χ2v) is 14.1. The van der Waals surface area contributed by atoms with E-state index in [2.05, 4.69) is 193 Å². The number of furan rings is 2. The molecule has 0 spiro atoms. The average Bonchev–Trinajstić information content (AvgIpc) is 3.83. The van der Waals surface area contributed by atoms with Crippen LogP contribution in [-0.2, 0) is 0 Å². The maximum atomic E-state index is 6.56. The molecule has 0 saturated heterocycles. The molecule has 11 aromatic rings. The fourth-order valence-corrected chi connectivity index (χ4v) is 8.23. The lowest BCUT2D eigenvalue weighted by Gasteiger charge is -2.26. The average molecular weight is 704 g/mol. The first-order chi connectivity index (χ1) is 27.3. The Bertz CT molecular complexity index is 3180. The first-order valence-electron chi connectivity index (χ1n) is 18.7. The lowest BCUT2D eigenvalue weighted by atomic mass is 9.95. The third-order valence-corrected chi connectivity index (χ3v) is 10.9. The molecule has 3 heteroatoms. The molecule has 55 heavy (non-hydrogen) atoms. The minimum Gasteiger partial charge on any atom is -0.455 e. The molecule has 0 aliphatic carbocycles. The van der Waals surface area contributed by atoms with Gasteiger partial charge in [-0.05, 0) is 93.9 Å². The van der Waals surface area contributed by atoms with Crippen molar-refractivity contribution in [2.45, 2.75) is 0 Å². The van der Waals surface area contributed by atoms with Gasteiger partial charge in [0, 0.05) is 49.6 Å². The van der Waals surface area contributed by atoms with Crippen LogP contribution in [0, 0.1) is 0 Å². The third-order valence-electron chi connectivity index (χ3n) is 10.9. The Morgan fingerprint density at radius 3 is 1.56 bits per heavy atom. The quantitative estimate of drug-likeness (QED) is 0.173. The van der Waals surface area contributed by atoms with Gasteiger partial charge >= 0.3 is 0 Å². The molecule has 2 heterocycles. The number of anilines is 3. The molecule has 0 unspecified atom stereocenters. The predicted molar refractivity (Wildman–Crippen MR) is 229 cm³/mol. The summed E-state index contributed by atoms with van der Waals surface area (Å²) in [7, 11) is 0. The Kier molecular flexibility index (Phi) is 7.17. The molecular formula is C52H33NO2. The second kappa shape index (κ2) is 12.6. The summed E-state index contributed by atoms with van der Waals surface area (Å²) in [6.45, 7) is 0. The van der Waals surface area contributed by atoms with Crippen LogP contribution < -0.4 is 4.90 Å². The van der Waals surface area contributed by atoms with Gasteiger partial charge in [-0.3, -0.25) is 0 Å². The molecule has 3 nitrogen and oxygen atoms in total. The van der Waals surface area contributed by atoms with Crippen molar-refractivity contribution < 1.29 is 8.83 Å². The molecule has 0 fully saturated rings. The van der Waals surface area contributed by atoms with Gasteiger partial charge in [0.2, 0.25) is 0 Å². The van der Waals surface area contributed by atoms with Crippen LogP contribution in [-0.4, -0.2) is 0 Å². The third kappa shape index (κ3) is 5.20. The van der Waals surface area contributed by atoms with Gasteiger partial charge in [0.25, 0.3) is 0 Å². The van der Waals surface area contributed by atoms with Crippen LogP contribution in [0.25, 0.3) is 88.0 Å². The van der Waals surface area contributed by atoms with Crippen molar-refractivity contribution in [2.75, 3.05) is 4.90 Å². The summed E-state index contributed by atoms with van der Waals surface area (Å²) in [5.41, 5.74) is 13.8. The van der Waals surface area contributed by atoms with Crippen LogP contribution in [0.2, 0.25) is 0 Å². The molecule has 11 rings (SSSR count). The first kappa shape index (κ1) is 31.2. The molecule has 0 aliphatic heterocycles. The Hall–Kier alpha value is -7.36. The van der Waals surface area contributed by atoms with Gasteiger partial charge in [0.05, 0.1) is 0 Å².